The summed E-state index contributed by atoms with van der Waals surface area (Å²) in [5, 5.41) is 12.8. The lowest BCUT2D eigenvalue weighted by molar-refractivity contribution is -0.388. The van der Waals surface area contributed by atoms with Crippen LogP contribution in [-0.4, -0.2) is 10.8 Å². The molecule has 9 heteroatoms. The van der Waals surface area contributed by atoms with Gasteiger partial charge in [0.2, 0.25) is 0 Å². The second-order valence-electron chi connectivity index (χ2n) is 3.92. The van der Waals surface area contributed by atoms with Crippen LogP contribution in [0.25, 0.3) is 0 Å². The fourth-order valence-corrected chi connectivity index (χ4v) is 1.60. The molecule has 0 saturated carbocycles. The molecule has 1 amide bonds. The number of nitro groups is 1. The van der Waals surface area contributed by atoms with Gasteiger partial charge in [-0.1, -0.05) is 0 Å². The van der Waals surface area contributed by atoms with E-state index in [-0.39, 0.29) is 11.4 Å². The quantitative estimate of drug-likeness (QED) is 0.694. The highest BCUT2D eigenvalue weighted by atomic mass is 19.4. The Morgan fingerprint density at radius 3 is 2.52 bits per heavy atom. The van der Waals surface area contributed by atoms with Gasteiger partial charge in [-0.3, -0.25) is 14.9 Å². The molecule has 21 heavy (non-hydrogen) atoms. The van der Waals surface area contributed by atoms with Crippen LogP contribution >= 0.6 is 0 Å². The average Bonchev–Trinajstić information content (AvgIpc) is 2.91. The van der Waals surface area contributed by atoms with Gasteiger partial charge in [0.1, 0.15) is 5.56 Å². The van der Waals surface area contributed by atoms with E-state index in [1.54, 1.807) is 0 Å². The first-order valence-electron chi connectivity index (χ1n) is 5.49. The van der Waals surface area contributed by atoms with Gasteiger partial charge in [-0.2, -0.15) is 13.2 Å². The zero-order valence-electron chi connectivity index (χ0n) is 10.2. The van der Waals surface area contributed by atoms with E-state index in [0.29, 0.717) is 12.1 Å². The van der Waals surface area contributed by atoms with Crippen LogP contribution in [0.15, 0.2) is 41.0 Å². The highest BCUT2D eigenvalue weighted by molar-refractivity contribution is 6.02. The van der Waals surface area contributed by atoms with Crippen LogP contribution in [-0.2, 0) is 6.18 Å². The van der Waals surface area contributed by atoms with Gasteiger partial charge >= 0.3 is 6.18 Å². The minimum absolute atomic E-state index is 0.0955. The molecule has 0 spiro atoms. The molecular formula is C12H7F3N2O4. The zero-order chi connectivity index (χ0) is 15.6. The van der Waals surface area contributed by atoms with Crippen LogP contribution in [0.3, 0.4) is 0 Å². The molecule has 6 nitrogen and oxygen atoms in total. The summed E-state index contributed by atoms with van der Waals surface area (Å²) in [7, 11) is 0. The number of hydrogen-bond acceptors (Lipinski definition) is 4. The largest absolute Gasteiger partial charge is 0.459 e. The number of rotatable bonds is 3. The van der Waals surface area contributed by atoms with Crippen molar-refractivity contribution in [1.82, 2.24) is 0 Å². The van der Waals surface area contributed by atoms with Crippen molar-refractivity contribution in [2.75, 3.05) is 5.32 Å². The van der Waals surface area contributed by atoms with Crippen molar-refractivity contribution in [3.05, 3.63) is 58.0 Å². The minimum Gasteiger partial charge on any atom is -0.459 e. The fraction of sp³-hybridized carbons (Fsp3) is 0.0833. The average molecular weight is 300 g/mol. The van der Waals surface area contributed by atoms with Crippen molar-refractivity contribution in [3.63, 3.8) is 0 Å². The van der Waals surface area contributed by atoms with Crippen LogP contribution in [0.1, 0.15) is 16.1 Å². The van der Waals surface area contributed by atoms with Gasteiger partial charge in [-0.05, 0) is 24.3 Å². The highest BCUT2D eigenvalue weighted by Gasteiger charge is 2.38. The van der Waals surface area contributed by atoms with Crippen LogP contribution < -0.4 is 5.32 Å². The van der Waals surface area contributed by atoms with Crippen LogP contribution in [0.4, 0.5) is 24.5 Å². The maximum atomic E-state index is 12.8. The van der Waals surface area contributed by atoms with E-state index >= 15 is 0 Å². The van der Waals surface area contributed by atoms with Crippen molar-refractivity contribution < 1.29 is 27.3 Å². The first-order valence-corrected chi connectivity index (χ1v) is 5.49. The first kappa shape index (κ1) is 14.6. The van der Waals surface area contributed by atoms with Gasteiger partial charge in [0, 0.05) is 11.8 Å². The Labute approximate surface area is 115 Å². The summed E-state index contributed by atoms with van der Waals surface area (Å²) in [5.74, 6) is -0.858. The number of alkyl halides is 3. The van der Waals surface area contributed by atoms with E-state index in [1.165, 1.54) is 18.4 Å². The maximum absolute atomic E-state index is 12.8. The Hall–Kier alpha value is -2.84. The molecule has 0 atom stereocenters. The summed E-state index contributed by atoms with van der Waals surface area (Å²) < 4.78 is 43.1. The Balaban J connectivity index is 2.34. The molecule has 0 aliphatic rings. The Bertz CT molecular complexity index is 680. The Morgan fingerprint density at radius 2 is 2.00 bits per heavy atom. The number of nitrogens with one attached hydrogen (secondary N) is 1. The fourth-order valence-electron chi connectivity index (χ4n) is 1.60. The number of halogens is 3. The number of carbonyl (C=O) groups excluding carboxylic acids is 1. The van der Waals surface area contributed by atoms with Gasteiger partial charge in [0.15, 0.2) is 5.76 Å². The van der Waals surface area contributed by atoms with E-state index in [1.807, 2.05) is 0 Å². The van der Waals surface area contributed by atoms with Gasteiger partial charge < -0.3 is 9.73 Å². The maximum Gasteiger partial charge on any atom is 0.423 e. The molecule has 0 aliphatic heterocycles. The number of nitro benzene ring substituents is 1. The number of carbonyl (C=O) groups is 1. The third kappa shape index (κ3) is 3.19. The van der Waals surface area contributed by atoms with E-state index in [9.17, 15) is 28.1 Å². The molecule has 0 fully saturated rings. The predicted octanol–water partition coefficient (Wildman–Crippen LogP) is 3.46. The predicted molar refractivity (Wildman–Crippen MR) is 64.8 cm³/mol. The van der Waals surface area contributed by atoms with Crippen molar-refractivity contribution in [1.29, 1.82) is 0 Å². The molecule has 2 rings (SSSR count). The van der Waals surface area contributed by atoms with Crippen LogP contribution in [0, 0.1) is 10.1 Å². The number of benzene rings is 1. The second kappa shape index (κ2) is 5.27. The summed E-state index contributed by atoms with van der Waals surface area (Å²) in [6.07, 6.45) is -3.68. The molecule has 0 radical (unpaired) electrons. The lowest BCUT2D eigenvalue weighted by Crippen LogP contribution is -2.13. The summed E-state index contributed by atoms with van der Waals surface area (Å²) >= 11 is 0. The normalized spacial score (nSPS) is 11.2. The molecule has 0 bridgehead atoms. The molecule has 1 aromatic carbocycles. The third-order valence-electron chi connectivity index (χ3n) is 2.50. The number of anilines is 1. The summed E-state index contributed by atoms with van der Waals surface area (Å²) in [4.78, 5) is 21.1. The monoisotopic (exact) mass is 300 g/mol. The molecule has 0 unspecified atom stereocenters. The van der Waals surface area contributed by atoms with Crippen molar-refractivity contribution in [3.8, 4) is 0 Å². The van der Waals surface area contributed by atoms with Crippen molar-refractivity contribution in [2.45, 2.75) is 6.18 Å². The topological polar surface area (TPSA) is 85.4 Å². The minimum atomic E-state index is -4.91. The molecule has 1 heterocycles. The van der Waals surface area contributed by atoms with Crippen LogP contribution in [0.5, 0.6) is 0 Å². The lowest BCUT2D eigenvalue weighted by atomic mass is 10.1. The van der Waals surface area contributed by atoms with Crippen molar-refractivity contribution >= 4 is 17.3 Å². The van der Waals surface area contributed by atoms with Gasteiger partial charge in [0.25, 0.3) is 11.6 Å². The second-order valence-corrected chi connectivity index (χ2v) is 3.92. The summed E-state index contributed by atoms with van der Waals surface area (Å²) in [6.45, 7) is 0. The molecule has 0 saturated heterocycles. The smallest absolute Gasteiger partial charge is 0.423 e. The van der Waals surface area contributed by atoms with Crippen molar-refractivity contribution in [2.24, 2.45) is 0 Å². The first-order chi connectivity index (χ1) is 9.79. The van der Waals surface area contributed by atoms with Gasteiger partial charge in [0.05, 0.1) is 11.2 Å². The molecule has 2 aromatic rings. The number of nitrogens with zero attached hydrogens (tertiary/aromatic N) is 1. The molecular weight excluding hydrogens is 293 g/mol. The van der Waals surface area contributed by atoms with Gasteiger partial charge in [-0.15, -0.1) is 0 Å². The van der Waals surface area contributed by atoms with E-state index in [2.05, 4.69) is 5.32 Å². The Kier molecular flexibility index (Phi) is 3.66. The standard InChI is InChI=1S/C12H7F3N2O4/c13-12(14,15)8-6-7(3-4-9(8)17(19)20)16-11(18)10-2-1-5-21-10/h1-6H,(H,16,18). The van der Waals surface area contributed by atoms with E-state index in [4.69, 9.17) is 4.42 Å². The zero-order valence-corrected chi connectivity index (χ0v) is 10.2. The van der Waals surface area contributed by atoms with Gasteiger partial charge in [-0.25, -0.2) is 0 Å². The lowest BCUT2D eigenvalue weighted by Gasteiger charge is -2.10. The van der Waals surface area contributed by atoms with Crippen LogP contribution in [0.2, 0.25) is 0 Å². The molecule has 110 valence electrons. The van der Waals surface area contributed by atoms with E-state index in [0.717, 1.165) is 6.07 Å². The SMILES string of the molecule is O=C(Nc1ccc([N+](=O)[O-])c(C(F)(F)F)c1)c1ccco1. The summed E-state index contributed by atoms with van der Waals surface area (Å²) in [5.41, 5.74) is -2.75. The number of furan rings is 1. The number of hydrogen-bond donors (Lipinski definition) is 1. The third-order valence-corrected chi connectivity index (χ3v) is 2.50. The molecule has 1 N–H and O–H groups in total. The molecule has 0 aliphatic carbocycles. The summed E-state index contributed by atoms with van der Waals surface area (Å²) in [6, 6.07) is 4.95. The molecule has 1 aromatic heterocycles. The van der Waals surface area contributed by atoms with E-state index < -0.39 is 28.3 Å². The number of amides is 1. The highest BCUT2D eigenvalue weighted by Crippen LogP contribution is 2.37. The Morgan fingerprint density at radius 1 is 1.29 bits per heavy atom.